The Morgan fingerprint density at radius 3 is 2.57 bits per heavy atom. The van der Waals surface area contributed by atoms with Crippen LogP contribution in [0.4, 0.5) is 23.7 Å². The monoisotopic (exact) mass is 650 g/mol. The Hall–Kier alpha value is -4.32. The number of aromatic nitrogens is 3. The molecule has 0 spiro atoms. The summed E-state index contributed by atoms with van der Waals surface area (Å²) in [6.07, 6.45) is 1.26. The number of ether oxygens (including phenoxy) is 1. The second kappa shape index (κ2) is 14.8. The van der Waals surface area contributed by atoms with Crippen LogP contribution in [0.2, 0.25) is 0 Å². The first-order valence-corrected chi connectivity index (χ1v) is 16.3. The second-order valence-electron chi connectivity index (χ2n) is 11.2. The summed E-state index contributed by atoms with van der Waals surface area (Å²) in [4.78, 5) is 24.0. The van der Waals surface area contributed by atoms with Gasteiger partial charge in [-0.05, 0) is 87.4 Å². The number of hydrogen-bond acceptors (Lipinski definition) is 5. The molecule has 12 heteroatoms. The smallest absolute Gasteiger partial charge is 0.406 e. The number of amides is 2. The number of urea groups is 1. The molecule has 4 aromatic rings. The number of nitrogens with one attached hydrogen (secondary N) is 1. The number of carbonyl (C=O) groups excluding carboxylic acids is 1. The zero-order valence-electron chi connectivity index (χ0n) is 26.0. The molecule has 3 aromatic carbocycles. The van der Waals surface area contributed by atoms with Crippen molar-refractivity contribution < 1.29 is 22.7 Å². The molecule has 1 aliphatic heterocycles. The lowest BCUT2D eigenvalue weighted by molar-refractivity contribution is -0.274. The van der Waals surface area contributed by atoms with Crippen LogP contribution < -0.4 is 15.0 Å². The standard InChI is InChI=1S/C34H37F3N6O2S/c1-4-26-10-5-6-11-30(26)43-24(3)20-21-46-33(43)40-32(44)39-23(2)8-7-9-25-12-14-27(15-13-25)31-38-22-42(41-31)28-16-18-29(19-17-28)45-34(35,36)37/h5-6,10-19,22-24H,4,7-9,20-21H2,1-3H3,(H,39,44)/b40-33-. The Labute approximate surface area is 271 Å². The maximum absolute atomic E-state index is 12.9. The fourth-order valence-electron chi connectivity index (χ4n) is 5.33. The van der Waals surface area contributed by atoms with Gasteiger partial charge in [0.25, 0.3) is 0 Å². The van der Waals surface area contributed by atoms with Crippen molar-refractivity contribution in [1.29, 1.82) is 0 Å². The quantitative estimate of drug-likeness (QED) is 0.186. The first-order valence-electron chi connectivity index (χ1n) is 15.4. The Morgan fingerprint density at radius 1 is 1.11 bits per heavy atom. The van der Waals surface area contributed by atoms with Gasteiger partial charge in [-0.15, -0.1) is 18.3 Å². The van der Waals surface area contributed by atoms with Gasteiger partial charge in [0.2, 0.25) is 0 Å². The summed E-state index contributed by atoms with van der Waals surface area (Å²) in [7, 11) is 0. The number of hydrogen-bond donors (Lipinski definition) is 1. The predicted molar refractivity (Wildman–Crippen MR) is 177 cm³/mol. The number of amidine groups is 1. The molecule has 1 saturated heterocycles. The molecule has 8 nitrogen and oxygen atoms in total. The van der Waals surface area contributed by atoms with Gasteiger partial charge in [-0.2, -0.15) is 4.99 Å². The molecule has 2 unspecified atom stereocenters. The minimum absolute atomic E-state index is 0.0271. The van der Waals surface area contributed by atoms with E-state index in [1.54, 1.807) is 11.8 Å². The van der Waals surface area contributed by atoms with E-state index >= 15 is 0 Å². The molecule has 0 bridgehead atoms. The number of rotatable bonds is 10. The van der Waals surface area contributed by atoms with Gasteiger partial charge in [-0.1, -0.05) is 61.2 Å². The van der Waals surface area contributed by atoms with Gasteiger partial charge in [-0.25, -0.2) is 14.5 Å². The molecule has 2 atom stereocenters. The van der Waals surface area contributed by atoms with Crippen molar-refractivity contribution in [2.45, 2.75) is 71.3 Å². The van der Waals surface area contributed by atoms with Gasteiger partial charge in [0, 0.05) is 29.1 Å². The molecular weight excluding hydrogens is 613 g/mol. The van der Waals surface area contributed by atoms with E-state index in [0.717, 1.165) is 59.8 Å². The summed E-state index contributed by atoms with van der Waals surface area (Å²) < 4.78 is 42.7. The molecule has 1 fully saturated rings. The number of aliphatic imine (C=N–C) groups is 1. The molecular formula is C34H37F3N6O2S. The van der Waals surface area contributed by atoms with Crippen LogP contribution in [-0.2, 0) is 12.8 Å². The highest BCUT2D eigenvalue weighted by molar-refractivity contribution is 8.14. The maximum Gasteiger partial charge on any atom is 0.573 e. The van der Waals surface area contributed by atoms with E-state index in [1.165, 1.54) is 40.8 Å². The third kappa shape index (κ3) is 8.68. The van der Waals surface area contributed by atoms with E-state index in [1.807, 2.05) is 43.3 Å². The normalized spacial score (nSPS) is 16.8. The molecule has 46 heavy (non-hydrogen) atoms. The van der Waals surface area contributed by atoms with Crippen molar-refractivity contribution >= 4 is 28.6 Å². The number of benzene rings is 3. The molecule has 242 valence electrons. The van der Waals surface area contributed by atoms with E-state index in [4.69, 9.17) is 0 Å². The van der Waals surface area contributed by atoms with Crippen LogP contribution in [0, 0.1) is 0 Å². The second-order valence-corrected chi connectivity index (χ2v) is 12.3. The number of aryl methyl sites for hydroxylation is 2. The lowest BCUT2D eigenvalue weighted by Crippen LogP contribution is -2.43. The molecule has 0 radical (unpaired) electrons. The Morgan fingerprint density at radius 2 is 1.85 bits per heavy atom. The molecule has 1 aliphatic rings. The first kappa shape index (κ1) is 33.1. The van der Waals surface area contributed by atoms with Crippen molar-refractivity contribution in [3.8, 4) is 22.8 Å². The van der Waals surface area contributed by atoms with Gasteiger partial charge in [0.05, 0.1) is 5.69 Å². The minimum atomic E-state index is -4.74. The molecule has 1 aromatic heterocycles. The van der Waals surface area contributed by atoms with Crippen LogP contribution in [0.25, 0.3) is 17.1 Å². The van der Waals surface area contributed by atoms with Gasteiger partial charge < -0.3 is 15.0 Å². The van der Waals surface area contributed by atoms with Crippen molar-refractivity contribution in [2.75, 3.05) is 10.7 Å². The third-order valence-corrected chi connectivity index (χ3v) is 8.74. The summed E-state index contributed by atoms with van der Waals surface area (Å²) >= 11 is 1.63. The summed E-state index contributed by atoms with van der Waals surface area (Å²) in [5.41, 5.74) is 4.89. The van der Waals surface area contributed by atoms with Crippen molar-refractivity contribution in [2.24, 2.45) is 4.99 Å². The number of para-hydroxylation sites is 1. The molecule has 0 aliphatic carbocycles. The van der Waals surface area contributed by atoms with Gasteiger partial charge in [0.1, 0.15) is 12.1 Å². The zero-order chi connectivity index (χ0) is 32.7. The lowest BCUT2D eigenvalue weighted by atomic mass is 10.0. The van der Waals surface area contributed by atoms with Gasteiger partial charge >= 0.3 is 12.4 Å². The van der Waals surface area contributed by atoms with Crippen LogP contribution in [-0.4, -0.2) is 50.2 Å². The number of carbonyl (C=O) groups is 1. The number of nitrogens with zero attached hydrogens (tertiary/aromatic N) is 5. The molecule has 2 amide bonds. The predicted octanol–water partition coefficient (Wildman–Crippen LogP) is 8.20. The molecule has 5 rings (SSSR count). The topological polar surface area (TPSA) is 84.6 Å². The average molecular weight is 651 g/mol. The number of anilines is 1. The fraction of sp³-hybridized carbons (Fsp3) is 0.353. The summed E-state index contributed by atoms with van der Waals surface area (Å²) in [5, 5.41) is 8.25. The average Bonchev–Trinajstić information content (AvgIpc) is 3.51. The highest BCUT2D eigenvalue weighted by atomic mass is 32.2. The number of alkyl halides is 3. The number of thioether (sulfide) groups is 1. The SMILES string of the molecule is CCc1ccccc1N1/C(=N/C(=O)NC(C)CCCc2ccc(-c3ncn(-c4ccc(OC(F)(F)F)cc4)n3)cc2)SCCC1C. The van der Waals surface area contributed by atoms with Crippen LogP contribution in [0.5, 0.6) is 5.75 Å². The van der Waals surface area contributed by atoms with E-state index in [-0.39, 0.29) is 23.9 Å². The van der Waals surface area contributed by atoms with E-state index < -0.39 is 6.36 Å². The molecule has 2 heterocycles. The zero-order valence-corrected chi connectivity index (χ0v) is 26.8. The van der Waals surface area contributed by atoms with Crippen LogP contribution in [0.15, 0.2) is 84.1 Å². The highest BCUT2D eigenvalue weighted by Crippen LogP contribution is 2.32. The third-order valence-electron chi connectivity index (χ3n) is 7.75. The lowest BCUT2D eigenvalue weighted by Gasteiger charge is -2.36. The fourth-order valence-corrected chi connectivity index (χ4v) is 6.54. The van der Waals surface area contributed by atoms with Crippen LogP contribution in [0.1, 0.15) is 51.2 Å². The van der Waals surface area contributed by atoms with E-state index in [0.29, 0.717) is 11.5 Å². The largest absolute Gasteiger partial charge is 0.573 e. The minimum Gasteiger partial charge on any atom is -0.406 e. The van der Waals surface area contributed by atoms with Gasteiger partial charge in [-0.3, -0.25) is 0 Å². The molecule has 1 N–H and O–H groups in total. The van der Waals surface area contributed by atoms with Crippen molar-refractivity contribution in [3.05, 3.63) is 90.3 Å². The number of halogens is 3. The van der Waals surface area contributed by atoms with Crippen LogP contribution >= 0.6 is 11.8 Å². The van der Waals surface area contributed by atoms with E-state index in [9.17, 15) is 18.0 Å². The summed E-state index contributed by atoms with van der Waals surface area (Å²) in [6.45, 7) is 6.32. The summed E-state index contributed by atoms with van der Waals surface area (Å²) in [6, 6.07) is 21.6. The van der Waals surface area contributed by atoms with Gasteiger partial charge in [0.15, 0.2) is 11.0 Å². The molecule has 0 saturated carbocycles. The first-order chi connectivity index (χ1) is 22.1. The van der Waals surface area contributed by atoms with Crippen LogP contribution in [0.3, 0.4) is 0 Å². The maximum atomic E-state index is 12.9. The van der Waals surface area contributed by atoms with Crippen molar-refractivity contribution in [3.63, 3.8) is 0 Å². The Bertz CT molecular complexity index is 1640. The van der Waals surface area contributed by atoms with E-state index in [2.05, 4.69) is 56.0 Å². The van der Waals surface area contributed by atoms with Crippen molar-refractivity contribution in [1.82, 2.24) is 20.1 Å². The summed E-state index contributed by atoms with van der Waals surface area (Å²) in [5.74, 6) is 1.14. The Balaban J connectivity index is 1.11. The highest BCUT2D eigenvalue weighted by Gasteiger charge is 2.31. The Kier molecular flexibility index (Phi) is 10.7.